The van der Waals surface area contributed by atoms with E-state index in [0.29, 0.717) is 11.3 Å². The van der Waals surface area contributed by atoms with E-state index in [4.69, 9.17) is 0 Å². The van der Waals surface area contributed by atoms with E-state index in [1.807, 2.05) is 0 Å². The van der Waals surface area contributed by atoms with E-state index in [1.54, 1.807) is 0 Å². The molecule has 152 valence electrons. The maximum atomic E-state index is 11.4. The third kappa shape index (κ3) is 2.88. The highest BCUT2D eigenvalue weighted by Crippen LogP contribution is 2.67. The summed E-state index contributed by atoms with van der Waals surface area (Å²) in [4.78, 5) is 0. The summed E-state index contributed by atoms with van der Waals surface area (Å²) in [5, 5.41) is 11.4. The number of fused-ring (bicyclic) bond motifs is 5. The smallest absolute Gasteiger partial charge is 0.0809 e. The fraction of sp³-hybridized carbons (Fsp3) is 0.692. The summed E-state index contributed by atoms with van der Waals surface area (Å²) < 4.78 is 1.11. The molecule has 4 fully saturated rings. The topological polar surface area (TPSA) is 20.2 Å². The van der Waals surface area contributed by atoms with Crippen LogP contribution in [0.1, 0.15) is 77.2 Å². The Labute approximate surface area is 179 Å². The summed E-state index contributed by atoms with van der Waals surface area (Å²) in [6, 6.07) is 8.49. The Morgan fingerprint density at radius 1 is 1.00 bits per heavy atom. The van der Waals surface area contributed by atoms with E-state index in [0.717, 1.165) is 28.6 Å². The van der Waals surface area contributed by atoms with Gasteiger partial charge in [-0.2, -0.15) is 0 Å². The molecular weight excluding hydrogens is 408 g/mol. The van der Waals surface area contributed by atoms with Gasteiger partial charge in [-0.1, -0.05) is 60.8 Å². The van der Waals surface area contributed by atoms with Crippen molar-refractivity contribution in [3.05, 3.63) is 39.9 Å². The minimum Gasteiger partial charge on any atom is -0.388 e. The van der Waals surface area contributed by atoms with E-state index in [-0.39, 0.29) is 11.5 Å². The van der Waals surface area contributed by atoms with Crippen LogP contribution in [0.3, 0.4) is 0 Å². The number of aliphatic hydroxyl groups excluding tert-OH is 1. The van der Waals surface area contributed by atoms with Crippen LogP contribution in [-0.2, 0) is 0 Å². The van der Waals surface area contributed by atoms with Crippen molar-refractivity contribution in [2.24, 2.45) is 34.5 Å². The lowest BCUT2D eigenvalue weighted by molar-refractivity contribution is -0.119. The summed E-state index contributed by atoms with van der Waals surface area (Å²) >= 11 is 3.59. The average Bonchev–Trinajstić information content (AvgIpc) is 2.92. The lowest BCUT2D eigenvalue weighted by Gasteiger charge is -2.60. The number of hydrogen-bond donors (Lipinski definition) is 1. The van der Waals surface area contributed by atoms with Crippen molar-refractivity contribution in [3.63, 3.8) is 0 Å². The standard InChI is InChI=1S/C26H35BrO/c1-25-12-4-3-7-19(25)9-10-21-22(25)11-13-26(2)23(21)16-18(24(26)28)14-17-6-5-8-20(27)15-17/h5-6,8,14-15,19,21-24,28H,3-4,7,9-13,16H2,1-2H3/b18-14+/t19-,21+,22-,23-,24+,25-,26-/m0/s1. The lowest BCUT2D eigenvalue weighted by atomic mass is 9.45. The molecular formula is C26H35BrO. The Morgan fingerprint density at radius 3 is 2.68 bits per heavy atom. The molecule has 0 aliphatic heterocycles. The Hall–Kier alpha value is -0.600. The average molecular weight is 443 g/mol. The van der Waals surface area contributed by atoms with Crippen molar-refractivity contribution < 1.29 is 5.11 Å². The third-order valence-electron chi connectivity index (χ3n) is 9.65. The van der Waals surface area contributed by atoms with Gasteiger partial charge in [-0.15, -0.1) is 0 Å². The van der Waals surface area contributed by atoms with E-state index in [2.05, 4.69) is 60.1 Å². The van der Waals surface area contributed by atoms with Gasteiger partial charge >= 0.3 is 0 Å². The van der Waals surface area contributed by atoms with Crippen molar-refractivity contribution in [2.45, 2.75) is 77.7 Å². The van der Waals surface area contributed by atoms with E-state index in [9.17, 15) is 5.11 Å². The SMILES string of the molecule is C[C@]12CCCC[C@H]1CC[C@@H]1[C@@H]2CC[C@]2(C)[C@H](O)/C(=C/c3cccc(Br)c3)C[C@@H]12. The highest BCUT2D eigenvalue weighted by molar-refractivity contribution is 9.10. The first-order valence-corrected chi connectivity index (χ1v) is 12.4. The van der Waals surface area contributed by atoms with Gasteiger partial charge in [-0.25, -0.2) is 0 Å². The van der Waals surface area contributed by atoms with Crippen LogP contribution in [0.15, 0.2) is 34.3 Å². The molecule has 0 heterocycles. The maximum Gasteiger partial charge on any atom is 0.0809 e. The van der Waals surface area contributed by atoms with Crippen LogP contribution < -0.4 is 0 Å². The molecule has 0 bridgehead atoms. The molecule has 4 aliphatic carbocycles. The third-order valence-corrected chi connectivity index (χ3v) is 10.1. The fourth-order valence-electron chi connectivity index (χ4n) is 8.10. The van der Waals surface area contributed by atoms with Gasteiger partial charge in [-0.3, -0.25) is 0 Å². The molecule has 28 heavy (non-hydrogen) atoms. The van der Waals surface area contributed by atoms with E-state index < -0.39 is 0 Å². The van der Waals surface area contributed by atoms with E-state index >= 15 is 0 Å². The Bertz CT molecular complexity index is 784. The van der Waals surface area contributed by atoms with Crippen LogP contribution >= 0.6 is 15.9 Å². The predicted molar refractivity (Wildman–Crippen MR) is 120 cm³/mol. The van der Waals surface area contributed by atoms with Crippen molar-refractivity contribution in [2.75, 3.05) is 0 Å². The number of rotatable bonds is 1. The van der Waals surface area contributed by atoms with Crippen LogP contribution in [0.2, 0.25) is 0 Å². The molecule has 7 atom stereocenters. The molecule has 0 unspecified atom stereocenters. The van der Waals surface area contributed by atoms with Crippen molar-refractivity contribution >= 4 is 22.0 Å². The van der Waals surface area contributed by atoms with Crippen LogP contribution in [0.25, 0.3) is 6.08 Å². The van der Waals surface area contributed by atoms with Crippen molar-refractivity contribution in [1.29, 1.82) is 0 Å². The first-order valence-electron chi connectivity index (χ1n) is 11.6. The number of aliphatic hydroxyl groups is 1. The van der Waals surface area contributed by atoms with E-state index in [1.165, 1.54) is 62.5 Å². The Kier molecular flexibility index (Phi) is 4.83. The van der Waals surface area contributed by atoms with Gasteiger partial charge in [0.2, 0.25) is 0 Å². The second-order valence-corrected chi connectivity index (χ2v) is 11.7. The van der Waals surface area contributed by atoms with Gasteiger partial charge in [-0.05, 0) is 97.3 Å². The Morgan fingerprint density at radius 2 is 1.86 bits per heavy atom. The molecule has 0 saturated heterocycles. The van der Waals surface area contributed by atoms with Gasteiger partial charge in [0.1, 0.15) is 0 Å². The zero-order valence-electron chi connectivity index (χ0n) is 17.5. The van der Waals surface area contributed by atoms with Gasteiger partial charge in [0.05, 0.1) is 6.10 Å². The molecule has 1 nitrogen and oxygen atoms in total. The summed E-state index contributed by atoms with van der Waals surface area (Å²) in [6.45, 7) is 5.04. The molecule has 1 N–H and O–H groups in total. The maximum absolute atomic E-state index is 11.4. The fourth-order valence-corrected chi connectivity index (χ4v) is 8.52. The monoisotopic (exact) mass is 442 g/mol. The number of benzene rings is 1. The molecule has 5 rings (SSSR count). The molecule has 4 aliphatic rings. The van der Waals surface area contributed by atoms with Gasteiger partial charge < -0.3 is 5.11 Å². The molecule has 0 radical (unpaired) electrons. The molecule has 1 aromatic rings. The first kappa shape index (κ1) is 19.4. The van der Waals surface area contributed by atoms with Crippen LogP contribution in [0.4, 0.5) is 0 Å². The lowest BCUT2D eigenvalue weighted by Crippen LogP contribution is -2.53. The Balaban J connectivity index is 1.46. The molecule has 0 amide bonds. The first-order chi connectivity index (χ1) is 13.4. The summed E-state index contributed by atoms with van der Waals surface area (Å²) in [6.07, 6.45) is 14.3. The number of hydrogen-bond acceptors (Lipinski definition) is 1. The van der Waals surface area contributed by atoms with Crippen molar-refractivity contribution in [1.82, 2.24) is 0 Å². The largest absolute Gasteiger partial charge is 0.388 e. The van der Waals surface area contributed by atoms with Gasteiger partial charge in [0, 0.05) is 9.89 Å². The summed E-state index contributed by atoms with van der Waals surface area (Å²) in [7, 11) is 0. The van der Waals surface area contributed by atoms with Crippen molar-refractivity contribution in [3.8, 4) is 0 Å². The minimum atomic E-state index is -0.269. The van der Waals surface area contributed by atoms with Crippen LogP contribution in [0.5, 0.6) is 0 Å². The highest BCUT2D eigenvalue weighted by atomic mass is 79.9. The zero-order chi connectivity index (χ0) is 19.5. The second kappa shape index (κ2) is 6.98. The quantitative estimate of drug-likeness (QED) is 0.485. The summed E-state index contributed by atoms with van der Waals surface area (Å²) in [5.41, 5.74) is 3.15. The molecule has 0 spiro atoms. The summed E-state index contributed by atoms with van der Waals surface area (Å²) in [5.74, 6) is 3.34. The van der Waals surface area contributed by atoms with Crippen LogP contribution in [0, 0.1) is 34.5 Å². The zero-order valence-corrected chi connectivity index (χ0v) is 19.0. The molecule has 2 heteroatoms. The molecule has 4 saturated carbocycles. The molecule has 1 aromatic carbocycles. The van der Waals surface area contributed by atoms with Gasteiger partial charge in [0.25, 0.3) is 0 Å². The minimum absolute atomic E-state index is 0.0802. The van der Waals surface area contributed by atoms with Crippen LogP contribution in [-0.4, -0.2) is 11.2 Å². The highest BCUT2D eigenvalue weighted by Gasteiger charge is 2.60. The second-order valence-electron chi connectivity index (χ2n) is 10.8. The normalized spacial score (nSPS) is 46.7. The predicted octanol–water partition coefficient (Wildman–Crippen LogP) is 7.24. The van der Waals surface area contributed by atoms with Gasteiger partial charge in [0.15, 0.2) is 0 Å². The number of halogens is 1. The molecule has 0 aromatic heterocycles.